The SMILES string of the molecule is COc1cc2nc(C=[SH]c3nc4cc(Cl)ccc4s3)[nH]c(=O)c2cc1OC. The number of benzene rings is 2. The molecule has 27 heavy (non-hydrogen) atoms. The average Bonchev–Trinajstić information content (AvgIpc) is 3.07. The molecule has 1 N–H and O–H groups in total. The van der Waals surface area contributed by atoms with Crippen LogP contribution in [-0.2, 0) is 0 Å². The molecule has 2 aromatic carbocycles. The summed E-state index contributed by atoms with van der Waals surface area (Å²) in [5.41, 5.74) is 1.16. The van der Waals surface area contributed by atoms with Gasteiger partial charge in [0.1, 0.15) is 10.2 Å². The number of methoxy groups -OCH3 is 2. The summed E-state index contributed by atoms with van der Waals surface area (Å²) >= 11 is 8.41. The molecule has 2 heterocycles. The van der Waals surface area contributed by atoms with Gasteiger partial charge in [0.05, 0.1) is 35.3 Å². The van der Waals surface area contributed by atoms with Gasteiger partial charge in [0.15, 0.2) is 11.5 Å². The van der Waals surface area contributed by atoms with E-state index in [2.05, 4.69) is 15.0 Å². The van der Waals surface area contributed by atoms with Crippen molar-refractivity contribution < 1.29 is 9.47 Å². The summed E-state index contributed by atoms with van der Waals surface area (Å²) < 4.78 is 12.5. The zero-order chi connectivity index (χ0) is 19.0. The molecule has 0 aliphatic carbocycles. The van der Waals surface area contributed by atoms with E-state index >= 15 is 0 Å². The monoisotopic (exact) mass is 419 g/mol. The fraction of sp³-hybridized carbons (Fsp3) is 0.111. The van der Waals surface area contributed by atoms with Gasteiger partial charge < -0.3 is 14.5 Å². The highest BCUT2D eigenvalue weighted by molar-refractivity contribution is 7.99. The van der Waals surface area contributed by atoms with Gasteiger partial charge in [0.2, 0.25) is 0 Å². The lowest BCUT2D eigenvalue weighted by atomic mass is 10.2. The lowest BCUT2D eigenvalue weighted by Crippen LogP contribution is -2.11. The summed E-state index contributed by atoms with van der Waals surface area (Å²) in [6.07, 6.45) is 0. The zero-order valence-electron chi connectivity index (χ0n) is 14.3. The molecule has 6 nitrogen and oxygen atoms in total. The molecule has 4 aromatic rings. The minimum absolute atomic E-state index is 0.238. The maximum atomic E-state index is 12.4. The number of hydrogen-bond acceptors (Lipinski definition) is 6. The van der Waals surface area contributed by atoms with Crippen molar-refractivity contribution in [3.05, 3.63) is 51.5 Å². The fourth-order valence-electron chi connectivity index (χ4n) is 2.61. The molecular formula is C18H14ClN3O3S2. The number of H-pyrrole nitrogens is 1. The van der Waals surface area contributed by atoms with Crippen LogP contribution in [0.4, 0.5) is 0 Å². The lowest BCUT2D eigenvalue weighted by molar-refractivity contribution is 0.355. The molecule has 0 saturated carbocycles. The smallest absolute Gasteiger partial charge is 0.259 e. The highest BCUT2D eigenvalue weighted by Gasteiger charge is 2.10. The second-order valence-corrected chi connectivity index (χ2v) is 8.25. The maximum Gasteiger partial charge on any atom is 0.259 e. The average molecular weight is 420 g/mol. The van der Waals surface area contributed by atoms with Crippen LogP contribution >= 0.6 is 34.3 Å². The molecule has 0 aliphatic heterocycles. The second-order valence-electron chi connectivity index (χ2n) is 5.54. The Hall–Kier alpha value is -2.42. The fourth-order valence-corrected chi connectivity index (χ4v) is 4.64. The zero-order valence-corrected chi connectivity index (χ0v) is 16.8. The van der Waals surface area contributed by atoms with Crippen molar-refractivity contribution in [1.82, 2.24) is 15.0 Å². The number of fused-ring (bicyclic) bond motifs is 2. The number of nitrogens with one attached hydrogen (secondary N) is 1. The molecule has 0 spiro atoms. The van der Waals surface area contributed by atoms with Crippen molar-refractivity contribution >= 4 is 60.8 Å². The third-order valence-corrected chi connectivity index (χ3v) is 6.22. The minimum Gasteiger partial charge on any atom is -0.493 e. The van der Waals surface area contributed by atoms with Crippen molar-refractivity contribution in [2.24, 2.45) is 0 Å². The molecule has 0 fully saturated rings. The Morgan fingerprint density at radius 2 is 1.89 bits per heavy atom. The number of nitrogens with zero attached hydrogens (tertiary/aromatic N) is 2. The molecule has 2 aromatic heterocycles. The van der Waals surface area contributed by atoms with Crippen molar-refractivity contribution in [3.8, 4) is 11.5 Å². The molecule has 0 radical (unpaired) electrons. The van der Waals surface area contributed by atoms with Crippen molar-refractivity contribution in [3.63, 3.8) is 0 Å². The summed E-state index contributed by atoms with van der Waals surface area (Å²) in [5, 5.41) is 2.91. The Labute approximate surface area is 166 Å². The van der Waals surface area contributed by atoms with Gasteiger partial charge >= 0.3 is 0 Å². The number of thiazole rings is 1. The summed E-state index contributed by atoms with van der Waals surface area (Å²) in [5.74, 6) is 1.48. The Morgan fingerprint density at radius 3 is 2.67 bits per heavy atom. The topological polar surface area (TPSA) is 77.1 Å². The number of halogens is 1. The Kier molecular flexibility index (Phi) is 4.86. The van der Waals surface area contributed by atoms with Crippen LogP contribution in [-0.4, -0.2) is 34.5 Å². The van der Waals surface area contributed by atoms with Crippen LogP contribution in [0.5, 0.6) is 11.5 Å². The Bertz CT molecular complexity index is 1250. The van der Waals surface area contributed by atoms with Crippen LogP contribution in [0.1, 0.15) is 5.82 Å². The van der Waals surface area contributed by atoms with Gasteiger partial charge in [-0.15, -0.1) is 22.7 Å². The van der Waals surface area contributed by atoms with Gasteiger partial charge in [-0.1, -0.05) is 11.6 Å². The van der Waals surface area contributed by atoms with E-state index < -0.39 is 0 Å². The third kappa shape index (κ3) is 3.55. The van der Waals surface area contributed by atoms with Crippen LogP contribution in [0, 0.1) is 0 Å². The van der Waals surface area contributed by atoms with Gasteiger partial charge in [-0.25, -0.2) is 9.97 Å². The first-order valence-corrected chi connectivity index (χ1v) is 9.99. The molecule has 138 valence electrons. The number of rotatable bonds is 4. The predicted octanol–water partition coefficient (Wildman–Crippen LogP) is 3.88. The van der Waals surface area contributed by atoms with Crippen LogP contribution in [0.2, 0.25) is 5.02 Å². The molecule has 0 bridgehead atoms. The second kappa shape index (κ2) is 7.30. The summed E-state index contributed by atoms with van der Waals surface area (Å²) in [6, 6.07) is 8.94. The van der Waals surface area contributed by atoms with Crippen molar-refractivity contribution in [1.29, 1.82) is 0 Å². The lowest BCUT2D eigenvalue weighted by Gasteiger charge is -2.08. The van der Waals surface area contributed by atoms with Crippen LogP contribution in [0.25, 0.3) is 21.1 Å². The van der Waals surface area contributed by atoms with E-state index in [-0.39, 0.29) is 5.56 Å². The largest absolute Gasteiger partial charge is 0.493 e. The standard InChI is InChI=1S/C18H14ClN3O3S2/c1-24-13-6-10-11(7-14(13)25-2)20-16(22-17(10)23)8-26-18-21-12-5-9(19)3-4-15(12)27-18/h3-8,26H,1-2H3,(H,20,22,23). The van der Waals surface area contributed by atoms with Crippen LogP contribution < -0.4 is 15.0 Å². The summed E-state index contributed by atoms with van der Waals surface area (Å²) in [6.45, 7) is 0. The molecule has 0 aliphatic rings. The first kappa shape index (κ1) is 18.0. The predicted molar refractivity (Wildman–Crippen MR) is 113 cm³/mol. The van der Waals surface area contributed by atoms with E-state index in [1.54, 1.807) is 30.6 Å². The van der Waals surface area contributed by atoms with Gasteiger partial charge in [-0.2, -0.15) is 0 Å². The number of aromatic nitrogens is 3. The summed E-state index contributed by atoms with van der Waals surface area (Å²) in [4.78, 5) is 24.3. The quantitative estimate of drug-likeness (QED) is 0.388. The van der Waals surface area contributed by atoms with Crippen molar-refractivity contribution in [2.45, 2.75) is 4.34 Å². The van der Waals surface area contributed by atoms with E-state index in [1.807, 2.05) is 23.6 Å². The molecule has 0 unspecified atom stereocenters. The Morgan fingerprint density at radius 1 is 1.11 bits per heavy atom. The van der Waals surface area contributed by atoms with Gasteiger partial charge in [-0.3, -0.25) is 4.79 Å². The van der Waals surface area contributed by atoms with Crippen molar-refractivity contribution in [2.75, 3.05) is 14.2 Å². The molecule has 0 atom stereocenters. The molecular weight excluding hydrogens is 406 g/mol. The van der Waals surface area contributed by atoms with E-state index in [1.165, 1.54) is 7.11 Å². The number of ether oxygens (including phenoxy) is 2. The van der Waals surface area contributed by atoms with E-state index in [0.717, 1.165) is 25.9 Å². The summed E-state index contributed by atoms with van der Waals surface area (Å²) in [7, 11) is 3.07. The normalized spacial score (nSPS) is 11.8. The first-order chi connectivity index (χ1) is 13.1. The minimum atomic E-state index is -0.238. The van der Waals surface area contributed by atoms with Gasteiger partial charge in [0.25, 0.3) is 5.56 Å². The number of aromatic amines is 1. The third-order valence-electron chi connectivity index (χ3n) is 3.86. The highest BCUT2D eigenvalue weighted by atomic mass is 35.5. The van der Waals surface area contributed by atoms with Gasteiger partial charge in [0, 0.05) is 16.5 Å². The van der Waals surface area contributed by atoms with E-state index in [0.29, 0.717) is 33.2 Å². The van der Waals surface area contributed by atoms with Gasteiger partial charge in [-0.05, 0) is 24.3 Å². The van der Waals surface area contributed by atoms with Crippen LogP contribution in [0.3, 0.4) is 0 Å². The number of thiol groups is 1. The maximum absolute atomic E-state index is 12.4. The molecule has 4 rings (SSSR count). The van der Waals surface area contributed by atoms with E-state index in [9.17, 15) is 4.79 Å². The molecule has 9 heteroatoms. The first-order valence-electron chi connectivity index (χ1n) is 7.83. The molecule has 0 saturated heterocycles. The Balaban J connectivity index is 1.74. The highest BCUT2D eigenvalue weighted by Crippen LogP contribution is 2.30. The number of hydrogen-bond donors (Lipinski definition) is 2. The van der Waals surface area contributed by atoms with E-state index in [4.69, 9.17) is 21.1 Å². The molecule has 0 amide bonds. The van der Waals surface area contributed by atoms with Crippen LogP contribution in [0.15, 0.2) is 39.5 Å².